The number of carbonyl (C=O) groups is 1. The van der Waals surface area contributed by atoms with Crippen LogP contribution in [0.4, 0.5) is 5.69 Å². The largest absolute Gasteiger partial charge is 0.420 e. The zero-order chi connectivity index (χ0) is 22.2. The average Bonchev–Trinajstić information content (AvgIpc) is 3.09. The summed E-state index contributed by atoms with van der Waals surface area (Å²) in [6, 6.07) is 7.69. The highest BCUT2D eigenvalue weighted by Gasteiger charge is 2.24. The maximum absolute atomic E-state index is 12.6. The predicted molar refractivity (Wildman–Crippen MR) is 125 cm³/mol. The van der Waals surface area contributed by atoms with E-state index in [1.807, 2.05) is 32.0 Å². The lowest BCUT2D eigenvalue weighted by atomic mass is 10.1. The van der Waals surface area contributed by atoms with Crippen LogP contribution in [0.15, 0.2) is 30.5 Å². The molecule has 1 atom stereocenters. The van der Waals surface area contributed by atoms with Gasteiger partial charge in [0.25, 0.3) is 5.91 Å². The Labute approximate surface area is 192 Å². The van der Waals surface area contributed by atoms with Gasteiger partial charge in [-0.05, 0) is 43.6 Å². The summed E-state index contributed by atoms with van der Waals surface area (Å²) in [5.41, 5.74) is 2.29. The van der Waals surface area contributed by atoms with Gasteiger partial charge in [0.1, 0.15) is 4.88 Å². The number of halogens is 1. The molecular weight excluding hydrogens is 450 g/mol. The van der Waals surface area contributed by atoms with Crippen molar-refractivity contribution in [3.63, 3.8) is 0 Å². The lowest BCUT2D eigenvalue weighted by molar-refractivity contribution is 0.0949. The molecule has 4 heterocycles. The van der Waals surface area contributed by atoms with Gasteiger partial charge in [0.2, 0.25) is 17.0 Å². The van der Waals surface area contributed by atoms with Gasteiger partial charge >= 0.3 is 0 Å². The minimum Gasteiger partial charge on any atom is -0.420 e. The Bertz CT molecular complexity index is 1340. The van der Waals surface area contributed by atoms with Crippen LogP contribution in [-0.2, 0) is 11.3 Å². The van der Waals surface area contributed by atoms with Crippen LogP contribution in [-0.4, -0.2) is 40.1 Å². The average molecular weight is 470 g/mol. The van der Waals surface area contributed by atoms with Gasteiger partial charge in [0.15, 0.2) is 0 Å². The second-order valence-corrected chi connectivity index (χ2v) is 8.82. The van der Waals surface area contributed by atoms with Crippen molar-refractivity contribution in [1.29, 1.82) is 0 Å². The fraction of sp³-hybridized carbons (Fsp3) is 0.273. The molecule has 0 radical (unpaired) electrons. The first kappa shape index (κ1) is 20.9. The lowest BCUT2D eigenvalue weighted by Crippen LogP contribution is -2.34. The molecule has 0 spiro atoms. The molecule has 10 heteroatoms. The third-order valence-corrected chi connectivity index (χ3v) is 6.46. The van der Waals surface area contributed by atoms with Gasteiger partial charge in [0.05, 0.1) is 23.4 Å². The van der Waals surface area contributed by atoms with Crippen LogP contribution in [0, 0.1) is 0 Å². The van der Waals surface area contributed by atoms with Crippen molar-refractivity contribution in [3.8, 4) is 11.8 Å². The summed E-state index contributed by atoms with van der Waals surface area (Å²) < 4.78 is 12.4. The number of hydrogen-bond donors (Lipinski definition) is 2. The van der Waals surface area contributed by atoms with Crippen LogP contribution in [0.1, 0.15) is 29.1 Å². The van der Waals surface area contributed by atoms with Gasteiger partial charge in [-0.15, -0.1) is 11.3 Å². The molecule has 1 amide bonds. The number of aromatic nitrogens is 3. The van der Waals surface area contributed by atoms with E-state index in [1.54, 1.807) is 12.3 Å². The molecule has 1 aromatic carbocycles. The molecule has 4 aromatic rings. The maximum atomic E-state index is 12.6. The van der Waals surface area contributed by atoms with E-state index in [1.165, 1.54) is 11.3 Å². The number of fused-ring (bicyclic) bond motifs is 5. The number of anilines is 1. The molecule has 0 aliphatic carbocycles. The normalized spacial score (nSPS) is 15.8. The fourth-order valence-corrected chi connectivity index (χ4v) is 4.86. The van der Waals surface area contributed by atoms with E-state index in [2.05, 4.69) is 25.6 Å². The summed E-state index contributed by atoms with van der Waals surface area (Å²) in [6.07, 6.45) is 1.59. The molecule has 2 N–H and O–H groups in total. The zero-order valence-corrected chi connectivity index (χ0v) is 19.0. The van der Waals surface area contributed by atoms with Crippen LogP contribution in [0.5, 0.6) is 11.8 Å². The Morgan fingerprint density at radius 1 is 1.25 bits per heavy atom. The van der Waals surface area contributed by atoms with Crippen molar-refractivity contribution < 1.29 is 14.3 Å². The molecule has 5 rings (SSSR count). The number of ether oxygens (including phenoxy) is 2. The summed E-state index contributed by atoms with van der Waals surface area (Å²) in [5, 5.41) is 8.46. The van der Waals surface area contributed by atoms with Crippen molar-refractivity contribution in [3.05, 3.63) is 46.2 Å². The third-order valence-electron chi connectivity index (χ3n) is 5.12. The quantitative estimate of drug-likeness (QED) is 0.406. The lowest BCUT2D eigenvalue weighted by Gasteiger charge is -2.11. The fourth-order valence-electron chi connectivity index (χ4n) is 3.63. The van der Waals surface area contributed by atoms with E-state index in [0.717, 1.165) is 26.7 Å². The SMILES string of the molecule is CCOCc1cnc(Cl)nc1Oc1ccc2c(ccc3sc4c(c32)NC[C@@H](C)NC4=O)n1. The van der Waals surface area contributed by atoms with Crippen LogP contribution >= 0.6 is 22.9 Å². The van der Waals surface area contributed by atoms with Gasteiger partial charge in [-0.3, -0.25) is 4.79 Å². The maximum Gasteiger partial charge on any atom is 0.263 e. The number of rotatable bonds is 5. The second-order valence-electron chi connectivity index (χ2n) is 7.43. The third kappa shape index (κ3) is 3.83. The summed E-state index contributed by atoms with van der Waals surface area (Å²) in [7, 11) is 0. The number of carbonyl (C=O) groups excluding carboxylic acids is 1. The number of nitrogens with zero attached hydrogens (tertiary/aromatic N) is 3. The number of hydrogen-bond acceptors (Lipinski definition) is 8. The summed E-state index contributed by atoms with van der Waals surface area (Å²) in [6.45, 7) is 5.42. The highest BCUT2D eigenvalue weighted by molar-refractivity contribution is 7.21. The van der Waals surface area contributed by atoms with E-state index < -0.39 is 0 Å². The van der Waals surface area contributed by atoms with Gasteiger partial charge in [-0.1, -0.05) is 0 Å². The number of thiophene rings is 1. The molecule has 32 heavy (non-hydrogen) atoms. The van der Waals surface area contributed by atoms with Gasteiger partial charge < -0.3 is 20.1 Å². The smallest absolute Gasteiger partial charge is 0.263 e. The van der Waals surface area contributed by atoms with Crippen LogP contribution in [0.2, 0.25) is 5.28 Å². The van der Waals surface area contributed by atoms with Crippen molar-refractivity contribution in [2.45, 2.75) is 26.5 Å². The van der Waals surface area contributed by atoms with E-state index >= 15 is 0 Å². The van der Waals surface area contributed by atoms with Gasteiger partial charge in [-0.2, -0.15) is 4.98 Å². The highest BCUT2D eigenvalue weighted by atomic mass is 35.5. The minimum atomic E-state index is -0.0535. The first-order valence-electron chi connectivity index (χ1n) is 10.2. The van der Waals surface area contributed by atoms with Crippen LogP contribution in [0.3, 0.4) is 0 Å². The van der Waals surface area contributed by atoms with Crippen LogP contribution < -0.4 is 15.4 Å². The van der Waals surface area contributed by atoms with Crippen molar-refractivity contribution >= 4 is 55.5 Å². The summed E-state index contributed by atoms with van der Waals surface area (Å²) in [5.74, 6) is 0.635. The summed E-state index contributed by atoms with van der Waals surface area (Å²) >= 11 is 7.44. The molecule has 3 aromatic heterocycles. The Balaban J connectivity index is 1.55. The van der Waals surface area contributed by atoms with E-state index in [0.29, 0.717) is 42.0 Å². The van der Waals surface area contributed by atoms with E-state index in [4.69, 9.17) is 21.1 Å². The first-order chi connectivity index (χ1) is 15.5. The Morgan fingerprint density at radius 3 is 2.97 bits per heavy atom. The molecule has 0 unspecified atom stereocenters. The molecule has 8 nitrogen and oxygen atoms in total. The molecule has 1 aliphatic heterocycles. The highest BCUT2D eigenvalue weighted by Crippen LogP contribution is 2.41. The molecule has 164 valence electrons. The molecule has 0 saturated heterocycles. The van der Waals surface area contributed by atoms with Crippen molar-refractivity contribution in [2.24, 2.45) is 0 Å². The predicted octanol–water partition coefficient (Wildman–Crippen LogP) is 4.77. The number of nitrogens with one attached hydrogen (secondary N) is 2. The first-order valence-corrected chi connectivity index (χ1v) is 11.4. The monoisotopic (exact) mass is 469 g/mol. The molecule has 1 aliphatic rings. The second kappa shape index (κ2) is 8.50. The number of amides is 1. The Morgan fingerprint density at radius 2 is 2.12 bits per heavy atom. The molecular formula is C22H20ClN5O3S. The zero-order valence-electron chi connectivity index (χ0n) is 17.4. The van der Waals surface area contributed by atoms with Crippen molar-refractivity contribution in [1.82, 2.24) is 20.3 Å². The Kier molecular flexibility index (Phi) is 5.54. The number of benzene rings is 1. The Hall–Kier alpha value is -3.01. The van der Waals surface area contributed by atoms with Crippen molar-refractivity contribution in [2.75, 3.05) is 18.5 Å². The van der Waals surface area contributed by atoms with E-state index in [-0.39, 0.29) is 17.2 Å². The van der Waals surface area contributed by atoms with Gasteiger partial charge in [0, 0.05) is 46.9 Å². The van der Waals surface area contributed by atoms with Crippen LogP contribution in [0.25, 0.3) is 21.0 Å². The molecule has 0 saturated carbocycles. The minimum absolute atomic E-state index is 0.0517. The number of pyridine rings is 1. The molecule has 0 fully saturated rings. The topological polar surface area (TPSA) is 98.3 Å². The van der Waals surface area contributed by atoms with Gasteiger partial charge in [-0.25, -0.2) is 9.97 Å². The molecule has 0 bridgehead atoms. The van der Waals surface area contributed by atoms with E-state index in [9.17, 15) is 4.79 Å². The standard InChI is InChI=1S/C22H20ClN5O3S/c1-3-30-10-12-9-25-22(23)28-21(12)31-16-7-4-13-14(27-16)5-6-15-17(13)18-19(32-15)20(29)26-11(2)8-24-18/h4-7,9,11,24H,3,8,10H2,1-2H3,(H,26,29)/t11-/m1/s1. The summed E-state index contributed by atoms with van der Waals surface area (Å²) in [4.78, 5) is 26.2.